The molecular formula is C27H24N2O6S. The molecule has 1 aromatic heterocycles. The SMILES string of the molecule is C=CCOc1cccc(C2C(=C(O)c3ccc(OC)cc3)C(=O)C(=O)N2c2nc(C)c(C(C)=O)s2)c1. The maximum absolute atomic E-state index is 13.3. The van der Waals surface area contributed by atoms with E-state index >= 15 is 0 Å². The zero-order valence-electron chi connectivity index (χ0n) is 20.0. The molecule has 8 nitrogen and oxygen atoms in total. The highest BCUT2D eigenvalue weighted by Gasteiger charge is 2.48. The fraction of sp³-hybridized carbons (Fsp3) is 0.185. The van der Waals surface area contributed by atoms with E-state index in [1.165, 1.54) is 18.9 Å². The van der Waals surface area contributed by atoms with Crippen molar-refractivity contribution in [1.29, 1.82) is 0 Å². The van der Waals surface area contributed by atoms with Crippen molar-refractivity contribution in [3.8, 4) is 11.5 Å². The highest BCUT2D eigenvalue weighted by molar-refractivity contribution is 7.18. The zero-order chi connectivity index (χ0) is 26.0. The van der Waals surface area contributed by atoms with E-state index in [9.17, 15) is 19.5 Å². The topological polar surface area (TPSA) is 106 Å². The van der Waals surface area contributed by atoms with Crippen molar-refractivity contribution < 1.29 is 29.0 Å². The first kappa shape index (κ1) is 24.9. The first-order valence-electron chi connectivity index (χ1n) is 11.0. The Labute approximate surface area is 212 Å². The summed E-state index contributed by atoms with van der Waals surface area (Å²) in [7, 11) is 1.52. The van der Waals surface area contributed by atoms with Crippen molar-refractivity contribution >= 4 is 39.7 Å². The number of carbonyl (C=O) groups excluding carboxylic acids is 3. The minimum absolute atomic E-state index is 0.0942. The number of Topliss-reactive ketones (excluding diaryl/α,β-unsaturated/α-hetero) is 2. The summed E-state index contributed by atoms with van der Waals surface area (Å²) in [5.41, 5.74) is 1.24. The lowest BCUT2D eigenvalue weighted by atomic mass is 9.95. The molecule has 1 N–H and O–H groups in total. The van der Waals surface area contributed by atoms with Crippen molar-refractivity contribution in [3.05, 3.63) is 88.5 Å². The molecule has 2 heterocycles. The second-order valence-electron chi connectivity index (χ2n) is 8.04. The standard InChI is InChI=1S/C27H24N2O6S/c1-5-13-35-20-8-6-7-18(14-20)22-21(23(31)17-9-11-19(34-4)12-10-17)24(32)26(33)29(22)27-28-15(2)25(36-27)16(3)30/h5-12,14,22,31H,1,13H2,2-4H3. The number of aromatic nitrogens is 1. The van der Waals surface area contributed by atoms with Gasteiger partial charge in [-0.2, -0.15) is 0 Å². The van der Waals surface area contributed by atoms with Crippen LogP contribution in [0.25, 0.3) is 5.76 Å². The number of benzene rings is 2. The van der Waals surface area contributed by atoms with Crippen molar-refractivity contribution in [3.63, 3.8) is 0 Å². The number of amides is 1. The Bertz CT molecular complexity index is 1390. The molecule has 1 fully saturated rings. The molecular weight excluding hydrogens is 480 g/mol. The van der Waals surface area contributed by atoms with Crippen LogP contribution in [-0.2, 0) is 9.59 Å². The van der Waals surface area contributed by atoms with Gasteiger partial charge in [0.15, 0.2) is 10.9 Å². The molecule has 0 bridgehead atoms. The Balaban J connectivity index is 1.92. The van der Waals surface area contributed by atoms with Crippen LogP contribution >= 0.6 is 11.3 Å². The van der Waals surface area contributed by atoms with Gasteiger partial charge in [-0.05, 0) is 48.9 Å². The van der Waals surface area contributed by atoms with Gasteiger partial charge in [0.2, 0.25) is 0 Å². The molecule has 1 aliphatic heterocycles. The number of nitrogens with zero attached hydrogens (tertiary/aromatic N) is 2. The molecule has 1 saturated heterocycles. The number of hydrogen-bond donors (Lipinski definition) is 1. The van der Waals surface area contributed by atoms with E-state index in [1.807, 2.05) is 0 Å². The van der Waals surface area contributed by atoms with Crippen LogP contribution in [0.1, 0.15) is 39.5 Å². The van der Waals surface area contributed by atoms with E-state index in [0.717, 1.165) is 11.3 Å². The molecule has 1 amide bonds. The van der Waals surface area contributed by atoms with Gasteiger partial charge in [0.05, 0.1) is 29.3 Å². The normalized spacial score (nSPS) is 16.8. The van der Waals surface area contributed by atoms with Crippen LogP contribution in [0.2, 0.25) is 0 Å². The van der Waals surface area contributed by atoms with Crippen LogP contribution in [0.5, 0.6) is 11.5 Å². The van der Waals surface area contributed by atoms with Crippen molar-refractivity contribution in [2.24, 2.45) is 0 Å². The maximum atomic E-state index is 13.3. The summed E-state index contributed by atoms with van der Waals surface area (Å²) >= 11 is 1.03. The summed E-state index contributed by atoms with van der Waals surface area (Å²) in [6.45, 7) is 7.00. The van der Waals surface area contributed by atoms with Crippen LogP contribution in [-0.4, -0.2) is 41.3 Å². The lowest BCUT2D eigenvalue weighted by Gasteiger charge is -2.23. The predicted octanol–water partition coefficient (Wildman–Crippen LogP) is 4.85. The lowest BCUT2D eigenvalue weighted by Crippen LogP contribution is -2.29. The Morgan fingerprint density at radius 3 is 2.53 bits per heavy atom. The third-order valence-electron chi connectivity index (χ3n) is 5.66. The monoisotopic (exact) mass is 504 g/mol. The van der Waals surface area contributed by atoms with Gasteiger partial charge in [-0.25, -0.2) is 4.98 Å². The summed E-state index contributed by atoms with van der Waals surface area (Å²) in [6, 6.07) is 12.4. The maximum Gasteiger partial charge on any atom is 0.301 e. The Morgan fingerprint density at radius 1 is 1.19 bits per heavy atom. The Hall–Kier alpha value is -4.24. The summed E-state index contributed by atoms with van der Waals surface area (Å²) in [6.07, 6.45) is 1.60. The first-order valence-corrected chi connectivity index (χ1v) is 11.9. The van der Waals surface area contributed by atoms with Crippen LogP contribution in [0.15, 0.2) is 66.8 Å². The molecule has 36 heavy (non-hydrogen) atoms. The third kappa shape index (κ3) is 4.52. The number of methoxy groups -OCH3 is 1. The molecule has 0 saturated carbocycles. The van der Waals surface area contributed by atoms with Gasteiger partial charge in [-0.1, -0.05) is 36.1 Å². The first-order chi connectivity index (χ1) is 17.3. The van der Waals surface area contributed by atoms with Gasteiger partial charge in [0.1, 0.15) is 23.9 Å². The fourth-order valence-corrected chi connectivity index (χ4v) is 4.98. The van der Waals surface area contributed by atoms with Gasteiger partial charge in [0.25, 0.3) is 5.78 Å². The number of anilines is 1. The van der Waals surface area contributed by atoms with Crippen molar-refractivity contribution in [1.82, 2.24) is 4.98 Å². The Morgan fingerprint density at radius 2 is 1.92 bits per heavy atom. The largest absolute Gasteiger partial charge is 0.507 e. The van der Waals surface area contributed by atoms with Gasteiger partial charge in [-0.15, -0.1) is 0 Å². The second-order valence-corrected chi connectivity index (χ2v) is 9.01. The predicted molar refractivity (Wildman–Crippen MR) is 137 cm³/mol. The number of aryl methyl sites for hydroxylation is 1. The van der Waals surface area contributed by atoms with E-state index in [-0.39, 0.29) is 28.9 Å². The molecule has 1 unspecified atom stereocenters. The van der Waals surface area contributed by atoms with E-state index in [1.54, 1.807) is 61.5 Å². The zero-order valence-corrected chi connectivity index (χ0v) is 20.8. The number of ether oxygens (including phenoxy) is 2. The van der Waals surface area contributed by atoms with E-state index < -0.39 is 17.7 Å². The summed E-state index contributed by atoms with van der Waals surface area (Å²) < 4.78 is 10.8. The number of rotatable bonds is 8. The van der Waals surface area contributed by atoms with Crippen molar-refractivity contribution in [2.45, 2.75) is 19.9 Å². The van der Waals surface area contributed by atoms with Crippen LogP contribution < -0.4 is 14.4 Å². The molecule has 1 atom stereocenters. The molecule has 3 aromatic rings. The third-order valence-corrected chi connectivity index (χ3v) is 6.92. The second kappa shape index (κ2) is 10.2. The average Bonchev–Trinajstić information content (AvgIpc) is 3.39. The molecule has 4 rings (SSSR count). The van der Waals surface area contributed by atoms with Crippen LogP contribution in [0.4, 0.5) is 5.13 Å². The minimum Gasteiger partial charge on any atom is -0.507 e. The molecule has 9 heteroatoms. The molecule has 184 valence electrons. The highest BCUT2D eigenvalue weighted by atomic mass is 32.1. The van der Waals surface area contributed by atoms with Gasteiger partial charge in [-0.3, -0.25) is 19.3 Å². The van der Waals surface area contributed by atoms with E-state index in [0.29, 0.717) is 33.2 Å². The summed E-state index contributed by atoms with van der Waals surface area (Å²) in [5, 5.41) is 11.4. The van der Waals surface area contributed by atoms with E-state index in [4.69, 9.17) is 9.47 Å². The quantitative estimate of drug-likeness (QED) is 0.154. The molecule has 0 aliphatic carbocycles. The van der Waals surface area contributed by atoms with Crippen molar-refractivity contribution in [2.75, 3.05) is 18.6 Å². The Kier molecular flexibility index (Phi) is 7.03. The summed E-state index contributed by atoms with van der Waals surface area (Å²) in [5.74, 6) is -1.16. The molecule has 1 aliphatic rings. The smallest absolute Gasteiger partial charge is 0.301 e. The number of thiazole rings is 1. The number of aliphatic hydroxyl groups is 1. The van der Waals surface area contributed by atoms with Gasteiger partial charge in [0, 0.05) is 12.5 Å². The molecule has 0 spiro atoms. The number of hydrogen-bond acceptors (Lipinski definition) is 8. The lowest BCUT2D eigenvalue weighted by molar-refractivity contribution is -0.132. The van der Waals surface area contributed by atoms with E-state index in [2.05, 4.69) is 11.6 Å². The number of aliphatic hydroxyl groups excluding tert-OH is 1. The molecule has 2 aromatic carbocycles. The number of ketones is 2. The minimum atomic E-state index is -0.996. The van der Waals surface area contributed by atoms with Gasteiger partial charge >= 0.3 is 5.91 Å². The van der Waals surface area contributed by atoms with Gasteiger partial charge < -0.3 is 14.6 Å². The highest BCUT2D eigenvalue weighted by Crippen LogP contribution is 2.44. The number of carbonyl (C=O) groups is 3. The summed E-state index contributed by atoms with van der Waals surface area (Å²) in [4.78, 5) is 44.8. The van der Waals surface area contributed by atoms with Crippen LogP contribution in [0, 0.1) is 6.92 Å². The fourth-order valence-electron chi connectivity index (χ4n) is 3.99. The molecule has 0 radical (unpaired) electrons. The average molecular weight is 505 g/mol. The van der Waals surface area contributed by atoms with Crippen LogP contribution in [0.3, 0.4) is 0 Å².